The molecule has 112 valence electrons. The number of amides is 1. The van der Waals surface area contributed by atoms with Crippen LogP contribution in [0.4, 0.5) is 11.6 Å². The van der Waals surface area contributed by atoms with E-state index in [1.165, 1.54) is 12.4 Å². The van der Waals surface area contributed by atoms with E-state index >= 15 is 0 Å². The molecule has 0 bridgehead atoms. The molecule has 22 heavy (non-hydrogen) atoms. The number of methoxy groups -OCH3 is 1. The third-order valence-electron chi connectivity index (χ3n) is 2.78. The molecule has 1 heterocycles. The van der Waals surface area contributed by atoms with Crippen LogP contribution in [0.25, 0.3) is 0 Å². The lowest BCUT2D eigenvalue weighted by molar-refractivity contribution is 0.0936. The fourth-order valence-electron chi connectivity index (χ4n) is 1.64. The highest BCUT2D eigenvalue weighted by atomic mass is 16.5. The van der Waals surface area contributed by atoms with E-state index < -0.39 is 0 Å². The van der Waals surface area contributed by atoms with Crippen LogP contribution in [0.3, 0.4) is 0 Å². The van der Waals surface area contributed by atoms with Crippen LogP contribution in [-0.2, 0) is 4.74 Å². The van der Waals surface area contributed by atoms with Gasteiger partial charge in [0.25, 0.3) is 5.91 Å². The van der Waals surface area contributed by atoms with Crippen LogP contribution in [0.1, 0.15) is 15.9 Å². The van der Waals surface area contributed by atoms with E-state index in [1.807, 2.05) is 6.07 Å². The predicted molar refractivity (Wildman–Crippen MR) is 80.7 cm³/mol. The van der Waals surface area contributed by atoms with Gasteiger partial charge in [-0.3, -0.25) is 4.79 Å². The smallest absolute Gasteiger partial charge is 0.254 e. The van der Waals surface area contributed by atoms with Gasteiger partial charge in [-0.15, -0.1) is 0 Å². The Morgan fingerprint density at radius 3 is 2.55 bits per heavy atom. The first-order chi connectivity index (χ1) is 10.7. The molecule has 0 unspecified atom stereocenters. The number of carbonyl (C=O) groups is 1. The van der Waals surface area contributed by atoms with Gasteiger partial charge < -0.3 is 15.4 Å². The minimum Gasteiger partial charge on any atom is -0.383 e. The first kappa shape index (κ1) is 15.4. The molecule has 1 aromatic heterocycles. The zero-order chi connectivity index (χ0) is 15.8. The van der Waals surface area contributed by atoms with E-state index in [2.05, 4.69) is 20.6 Å². The molecule has 0 radical (unpaired) electrons. The predicted octanol–water partition coefficient (Wildman–Crippen LogP) is 1.47. The van der Waals surface area contributed by atoms with Gasteiger partial charge in [0.05, 0.1) is 23.8 Å². The summed E-state index contributed by atoms with van der Waals surface area (Å²) < 4.78 is 4.85. The summed E-state index contributed by atoms with van der Waals surface area (Å²) in [6.07, 6.45) is 2.89. The molecule has 0 saturated heterocycles. The van der Waals surface area contributed by atoms with Crippen molar-refractivity contribution in [1.82, 2.24) is 15.3 Å². The van der Waals surface area contributed by atoms with Gasteiger partial charge in [0.1, 0.15) is 0 Å². The van der Waals surface area contributed by atoms with Crippen LogP contribution in [0.2, 0.25) is 0 Å². The van der Waals surface area contributed by atoms with Crippen molar-refractivity contribution in [3.63, 3.8) is 0 Å². The fraction of sp³-hybridized carbons (Fsp3) is 0.200. The fourth-order valence-corrected chi connectivity index (χ4v) is 1.64. The number of hydrogen-bond acceptors (Lipinski definition) is 6. The molecule has 1 aromatic carbocycles. The highest BCUT2D eigenvalue weighted by molar-refractivity contribution is 5.93. The van der Waals surface area contributed by atoms with Crippen LogP contribution >= 0.6 is 0 Å². The van der Waals surface area contributed by atoms with Crippen molar-refractivity contribution >= 4 is 17.5 Å². The Morgan fingerprint density at radius 2 is 1.95 bits per heavy atom. The average Bonchev–Trinajstić information content (AvgIpc) is 2.56. The maximum absolute atomic E-state index is 11.8. The van der Waals surface area contributed by atoms with Crippen LogP contribution in [0.5, 0.6) is 0 Å². The largest absolute Gasteiger partial charge is 0.383 e. The summed E-state index contributed by atoms with van der Waals surface area (Å²) in [6, 6.07) is 8.95. The van der Waals surface area contributed by atoms with Gasteiger partial charge in [0.2, 0.25) is 5.95 Å². The lowest BCUT2D eigenvalue weighted by Crippen LogP contribution is -2.27. The second-order valence-electron chi connectivity index (χ2n) is 4.36. The Labute approximate surface area is 128 Å². The molecule has 0 fully saturated rings. The molecule has 2 N–H and O–H groups in total. The monoisotopic (exact) mass is 297 g/mol. The summed E-state index contributed by atoms with van der Waals surface area (Å²) >= 11 is 0. The number of nitriles is 1. The second-order valence-corrected chi connectivity index (χ2v) is 4.36. The number of benzene rings is 1. The number of anilines is 2. The first-order valence-electron chi connectivity index (χ1n) is 6.59. The summed E-state index contributed by atoms with van der Waals surface area (Å²) in [5.41, 5.74) is 1.72. The molecule has 0 aliphatic carbocycles. The molecule has 0 aliphatic rings. The van der Waals surface area contributed by atoms with Crippen molar-refractivity contribution in [2.45, 2.75) is 0 Å². The van der Waals surface area contributed by atoms with E-state index in [9.17, 15) is 4.79 Å². The molecule has 2 aromatic rings. The molecule has 7 heteroatoms. The normalized spacial score (nSPS) is 9.82. The van der Waals surface area contributed by atoms with Gasteiger partial charge in [-0.25, -0.2) is 9.97 Å². The van der Waals surface area contributed by atoms with Crippen molar-refractivity contribution in [2.24, 2.45) is 0 Å². The minimum atomic E-state index is -0.248. The van der Waals surface area contributed by atoms with Gasteiger partial charge in [-0.2, -0.15) is 5.26 Å². The summed E-state index contributed by atoms with van der Waals surface area (Å²) in [5, 5.41) is 14.4. The van der Waals surface area contributed by atoms with Gasteiger partial charge in [-0.1, -0.05) is 0 Å². The Morgan fingerprint density at radius 1 is 1.27 bits per heavy atom. The summed E-state index contributed by atoms with van der Waals surface area (Å²) in [6.45, 7) is 0.880. The maximum Gasteiger partial charge on any atom is 0.254 e. The number of ether oxygens (including phenoxy) is 1. The molecule has 0 atom stereocenters. The van der Waals surface area contributed by atoms with Gasteiger partial charge in [0.15, 0.2) is 0 Å². The van der Waals surface area contributed by atoms with Crippen LogP contribution in [0, 0.1) is 11.3 Å². The molecule has 1 amide bonds. The molecule has 0 aliphatic heterocycles. The van der Waals surface area contributed by atoms with Crippen molar-refractivity contribution in [3.8, 4) is 6.07 Å². The molecule has 2 rings (SSSR count). The molecular formula is C15H15N5O2. The zero-order valence-electron chi connectivity index (χ0n) is 12.0. The van der Waals surface area contributed by atoms with Gasteiger partial charge >= 0.3 is 0 Å². The van der Waals surface area contributed by atoms with E-state index in [1.54, 1.807) is 31.4 Å². The number of carbonyl (C=O) groups excluding carboxylic acids is 1. The Balaban J connectivity index is 1.96. The lowest BCUT2D eigenvalue weighted by atomic mass is 10.2. The maximum atomic E-state index is 11.8. The topological polar surface area (TPSA) is 99.9 Å². The van der Waals surface area contributed by atoms with E-state index in [-0.39, 0.29) is 5.91 Å². The zero-order valence-corrected chi connectivity index (χ0v) is 12.0. The van der Waals surface area contributed by atoms with Crippen LogP contribution in [0.15, 0.2) is 36.7 Å². The van der Waals surface area contributed by atoms with Crippen molar-refractivity contribution < 1.29 is 9.53 Å². The SMILES string of the molecule is COCCNC(=O)c1cnc(Nc2ccc(C#N)cc2)nc1. The summed E-state index contributed by atoms with van der Waals surface area (Å²) in [5.74, 6) is 0.125. The van der Waals surface area contributed by atoms with Crippen molar-refractivity contribution in [1.29, 1.82) is 5.26 Å². The van der Waals surface area contributed by atoms with Crippen LogP contribution < -0.4 is 10.6 Å². The van der Waals surface area contributed by atoms with Gasteiger partial charge in [-0.05, 0) is 24.3 Å². The van der Waals surface area contributed by atoms with E-state index in [4.69, 9.17) is 10.00 Å². The number of nitrogens with zero attached hydrogens (tertiary/aromatic N) is 3. The summed E-state index contributed by atoms with van der Waals surface area (Å²) in [4.78, 5) is 19.9. The Hall–Kier alpha value is -2.98. The molecule has 0 saturated carbocycles. The first-order valence-corrected chi connectivity index (χ1v) is 6.59. The lowest BCUT2D eigenvalue weighted by Gasteiger charge is -2.06. The van der Waals surface area contributed by atoms with E-state index in [0.717, 1.165) is 5.69 Å². The summed E-state index contributed by atoms with van der Waals surface area (Å²) in [7, 11) is 1.57. The highest BCUT2D eigenvalue weighted by Crippen LogP contribution is 2.13. The number of nitrogens with one attached hydrogen (secondary N) is 2. The van der Waals surface area contributed by atoms with Crippen molar-refractivity contribution in [2.75, 3.05) is 25.6 Å². The second kappa shape index (κ2) is 7.71. The minimum absolute atomic E-state index is 0.248. The third-order valence-corrected chi connectivity index (χ3v) is 2.78. The Bertz CT molecular complexity index is 662. The number of rotatable bonds is 6. The van der Waals surface area contributed by atoms with E-state index in [0.29, 0.717) is 30.2 Å². The van der Waals surface area contributed by atoms with Gasteiger partial charge in [0, 0.05) is 31.7 Å². The number of aromatic nitrogens is 2. The molecular weight excluding hydrogens is 282 g/mol. The molecule has 7 nitrogen and oxygen atoms in total. The van der Waals surface area contributed by atoms with Crippen molar-refractivity contribution in [3.05, 3.63) is 47.8 Å². The molecule has 0 spiro atoms. The third kappa shape index (κ3) is 4.26. The standard InChI is InChI=1S/C15H15N5O2/c1-22-7-6-17-14(21)12-9-18-15(19-10-12)20-13-4-2-11(8-16)3-5-13/h2-5,9-10H,6-7H2,1H3,(H,17,21)(H,18,19,20). The quantitative estimate of drug-likeness (QED) is 0.783. The van der Waals surface area contributed by atoms with Crippen LogP contribution in [-0.4, -0.2) is 36.1 Å². The number of hydrogen-bond donors (Lipinski definition) is 2. The average molecular weight is 297 g/mol. The Kier molecular flexibility index (Phi) is 5.40. The highest BCUT2D eigenvalue weighted by Gasteiger charge is 2.06.